The van der Waals surface area contributed by atoms with E-state index in [4.69, 9.17) is 6.53 Å². The van der Waals surface area contributed by atoms with Gasteiger partial charge in [-0.2, -0.15) is 0 Å². The number of hydrogen-bond acceptors (Lipinski definition) is 0. The van der Waals surface area contributed by atoms with Gasteiger partial charge in [0.2, 0.25) is 0 Å². The summed E-state index contributed by atoms with van der Waals surface area (Å²) in [6, 6.07) is 0. The van der Waals surface area contributed by atoms with Crippen molar-refractivity contribution in [2.24, 2.45) is 0 Å². The SMILES string of the molecule is B#S(C)(I)CC. The van der Waals surface area contributed by atoms with Crippen LogP contribution < -0.4 is 0 Å². The topological polar surface area (TPSA) is 0 Å². The molecule has 0 rings (SSSR count). The molecule has 3 heteroatoms. The number of rotatable bonds is 0. The fourth-order valence-corrected chi connectivity index (χ4v) is 0. The second-order valence-corrected chi connectivity index (χ2v) is 10.0. The Morgan fingerprint density at radius 2 is 2.00 bits per heavy atom. The van der Waals surface area contributed by atoms with Gasteiger partial charge in [-0.15, -0.1) is 0 Å². The zero-order valence-electron chi connectivity index (χ0n) is 4.07. The van der Waals surface area contributed by atoms with Crippen LogP contribution in [-0.4, -0.2) is 18.5 Å². The molecule has 0 aromatic heterocycles. The fourth-order valence-electron chi connectivity index (χ4n) is 0. The Morgan fingerprint density at radius 1 is 1.83 bits per heavy atom. The summed E-state index contributed by atoms with van der Waals surface area (Å²) in [4.78, 5) is 0. The van der Waals surface area contributed by atoms with Crippen LogP contribution in [0.15, 0.2) is 0 Å². The van der Waals surface area contributed by atoms with Gasteiger partial charge in [-0.05, 0) is 0 Å². The van der Waals surface area contributed by atoms with E-state index in [1.165, 1.54) is 0 Å². The van der Waals surface area contributed by atoms with E-state index in [0.29, 0.717) is 0 Å². The Bertz CT molecular complexity index is 112. The molecular weight excluding hydrogens is 206 g/mol. The van der Waals surface area contributed by atoms with E-state index < -0.39 is 6.44 Å². The molecule has 0 aromatic rings. The summed E-state index contributed by atoms with van der Waals surface area (Å²) in [5.41, 5.74) is 0. The molecule has 0 bridgehead atoms. The molecule has 0 amide bonds. The van der Waals surface area contributed by atoms with Crippen LogP contribution in [-0.2, 0) is 0 Å². The first kappa shape index (κ1) is 7.14. The number of hydrogen-bond donors (Lipinski definition) is 0. The summed E-state index contributed by atoms with van der Waals surface area (Å²) in [5, 5.41) is 0. The van der Waals surface area contributed by atoms with Crippen molar-refractivity contribution in [2.45, 2.75) is 6.92 Å². The fraction of sp³-hybridized carbons (Fsp3) is 1.00. The van der Waals surface area contributed by atoms with Crippen LogP contribution in [0.1, 0.15) is 6.92 Å². The first-order valence-electron chi connectivity index (χ1n) is 1.79. The molecule has 6 heavy (non-hydrogen) atoms. The van der Waals surface area contributed by atoms with Crippen molar-refractivity contribution in [3.05, 3.63) is 0 Å². The Labute approximate surface area is 53.1 Å². The van der Waals surface area contributed by atoms with Gasteiger partial charge in [-0.1, -0.05) is 0 Å². The molecule has 1 unspecified atom stereocenters. The van der Waals surface area contributed by atoms with Crippen molar-refractivity contribution in [3.63, 3.8) is 0 Å². The van der Waals surface area contributed by atoms with Crippen LogP contribution in [0.5, 0.6) is 0 Å². The van der Waals surface area contributed by atoms with Gasteiger partial charge in [0, 0.05) is 0 Å². The molecule has 0 aromatic carbocycles. The van der Waals surface area contributed by atoms with E-state index in [9.17, 15) is 0 Å². The molecular formula is C3H8BIS. The molecule has 36 valence electrons. The molecule has 0 saturated carbocycles. The summed E-state index contributed by atoms with van der Waals surface area (Å²) in [5.74, 6) is 1.12. The first-order chi connectivity index (χ1) is 2.56. The Balaban J connectivity index is 3.60. The van der Waals surface area contributed by atoms with Crippen LogP contribution in [0.4, 0.5) is 0 Å². The van der Waals surface area contributed by atoms with E-state index in [2.05, 4.69) is 34.4 Å². The van der Waals surface area contributed by atoms with E-state index in [0.717, 1.165) is 5.75 Å². The van der Waals surface area contributed by atoms with E-state index in [1.54, 1.807) is 0 Å². The summed E-state index contributed by atoms with van der Waals surface area (Å²) in [7, 11) is 0. The van der Waals surface area contributed by atoms with Crippen molar-refractivity contribution in [2.75, 3.05) is 12.0 Å². The van der Waals surface area contributed by atoms with Gasteiger partial charge in [0.05, 0.1) is 0 Å². The third-order valence-corrected chi connectivity index (χ3v) is 3.56. The maximum absolute atomic E-state index is 5.60. The molecule has 0 aliphatic rings. The second-order valence-electron chi connectivity index (χ2n) is 1.33. The predicted octanol–water partition coefficient (Wildman–Crippen LogP) is 1.87. The van der Waals surface area contributed by atoms with E-state index in [-0.39, 0.29) is 0 Å². The van der Waals surface area contributed by atoms with Crippen molar-refractivity contribution < 1.29 is 0 Å². The van der Waals surface area contributed by atoms with Crippen molar-refractivity contribution in [3.8, 4) is 0 Å². The predicted molar refractivity (Wildman–Crippen MR) is 43.8 cm³/mol. The third kappa shape index (κ3) is 5.14. The van der Waals surface area contributed by atoms with Gasteiger partial charge >= 0.3 is 53.1 Å². The minimum absolute atomic E-state index is 0.692. The molecule has 0 aliphatic heterocycles. The van der Waals surface area contributed by atoms with Gasteiger partial charge in [-0.3, -0.25) is 0 Å². The maximum atomic E-state index is 5.60. The molecule has 1 atom stereocenters. The Hall–Kier alpha value is 1.14. The average Bonchev–Trinajstić information content (AvgIpc) is 1.35. The van der Waals surface area contributed by atoms with Crippen LogP contribution >= 0.6 is 27.6 Å². The van der Waals surface area contributed by atoms with E-state index in [1.807, 2.05) is 0 Å². The van der Waals surface area contributed by atoms with Crippen LogP contribution in [0, 0.1) is 0 Å². The van der Waals surface area contributed by atoms with Crippen LogP contribution in [0.2, 0.25) is 0 Å². The summed E-state index contributed by atoms with van der Waals surface area (Å²) in [6.07, 6.45) is 1.40. The van der Waals surface area contributed by atoms with Crippen molar-refractivity contribution in [1.29, 1.82) is 0 Å². The molecule has 0 nitrogen and oxygen atoms in total. The van der Waals surface area contributed by atoms with Gasteiger partial charge in [0.15, 0.2) is 0 Å². The first-order valence-corrected chi connectivity index (χ1v) is 6.61. The molecule has 0 spiro atoms. The Morgan fingerprint density at radius 3 is 2.00 bits per heavy atom. The zero-order chi connectivity index (χ0) is 5.21. The van der Waals surface area contributed by atoms with Gasteiger partial charge in [-0.25, -0.2) is 0 Å². The number of halogens is 1. The minimum atomic E-state index is -0.692. The standard InChI is InChI=1S/C3H8BIS/c1-3-6(2,4)5/h3H2,1-2H3. The molecule has 0 radical (unpaired) electrons. The Kier molecular flexibility index (Phi) is 2.92. The van der Waals surface area contributed by atoms with Gasteiger partial charge in [0.1, 0.15) is 0 Å². The zero-order valence-corrected chi connectivity index (χ0v) is 7.04. The molecule has 0 heterocycles. The van der Waals surface area contributed by atoms with Crippen LogP contribution in [0.25, 0.3) is 0 Å². The molecule has 0 saturated heterocycles. The van der Waals surface area contributed by atoms with Gasteiger partial charge < -0.3 is 0 Å². The summed E-state index contributed by atoms with van der Waals surface area (Å²) >= 11 is 2.30. The molecule has 0 N–H and O–H groups in total. The summed E-state index contributed by atoms with van der Waals surface area (Å²) in [6.45, 7) is 7.72. The van der Waals surface area contributed by atoms with Gasteiger partial charge in [0.25, 0.3) is 0 Å². The normalized spacial score (nSPS) is 20.2. The third-order valence-electron chi connectivity index (χ3n) is 0.564. The van der Waals surface area contributed by atoms with Crippen LogP contribution in [0.3, 0.4) is 0 Å². The molecule has 0 aliphatic carbocycles. The monoisotopic (exact) mass is 214 g/mol. The average molecular weight is 214 g/mol. The molecule has 0 fully saturated rings. The second kappa shape index (κ2) is 2.45. The summed E-state index contributed by atoms with van der Waals surface area (Å²) < 4.78 is 0. The quantitative estimate of drug-likeness (QED) is 0.426. The van der Waals surface area contributed by atoms with Crippen molar-refractivity contribution in [1.82, 2.24) is 0 Å². The van der Waals surface area contributed by atoms with E-state index >= 15 is 0 Å². The van der Waals surface area contributed by atoms with Crippen molar-refractivity contribution >= 4 is 34.2 Å².